The molecule has 1 atom stereocenters. The second kappa shape index (κ2) is 12.3. The number of carbonyl (C=O) groups is 1. The number of halogens is 1. The van der Waals surface area contributed by atoms with E-state index in [1.54, 1.807) is 6.20 Å². The fourth-order valence-corrected chi connectivity index (χ4v) is 4.61. The maximum atomic E-state index is 13.2. The minimum atomic E-state index is -0.0822. The summed E-state index contributed by atoms with van der Waals surface area (Å²) in [6, 6.07) is 7.99. The highest BCUT2D eigenvalue weighted by Gasteiger charge is 2.18. The molecule has 0 fully saturated rings. The first-order chi connectivity index (χ1) is 15.5. The van der Waals surface area contributed by atoms with E-state index in [0.717, 1.165) is 53.2 Å². The minimum absolute atomic E-state index is 0.0822. The van der Waals surface area contributed by atoms with Crippen molar-refractivity contribution in [3.63, 3.8) is 0 Å². The lowest BCUT2D eigenvalue weighted by Gasteiger charge is -2.15. The first-order valence-electron chi connectivity index (χ1n) is 10.4. The van der Waals surface area contributed by atoms with Crippen molar-refractivity contribution in [2.75, 3.05) is 18.5 Å². The lowest BCUT2D eigenvalue weighted by Crippen LogP contribution is -2.15. The summed E-state index contributed by atoms with van der Waals surface area (Å²) in [6.07, 6.45) is 5.62. The van der Waals surface area contributed by atoms with Crippen LogP contribution in [0.3, 0.4) is 0 Å². The number of carbonyl (C=O) groups excluding carboxylic acids is 1. The lowest BCUT2D eigenvalue weighted by molar-refractivity contribution is 0.104. The molecule has 32 heavy (non-hydrogen) atoms. The highest BCUT2D eigenvalue weighted by molar-refractivity contribution is 7.92. The summed E-state index contributed by atoms with van der Waals surface area (Å²) in [6.45, 7) is 5.38. The molecule has 0 aliphatic rings. The molecule has 0 saturated heterocycles. The summed E-state index contributed by atoms with van der Waals surface area (Å²) in [4.78, 5) is 22.2. The molecule has 1 unspecified atom stereocenters. The molecule has 0 bridgehead atoms. The Morgan fingerprint density at radius 1 is 1.34 bits per heavy atom. The lowest BCUT2D eigenvalue weighted by atomic mass is 10.0. The number of hydrogen-bond donors (Lipinski definition) is 2. The van der Waals surface area contributed by atoms with E-state index < -0.39 is 0 Å². The van der Waals surface area contributed by atoms with E-state index in [-0.39, 0.29) is 5.78 Å². The average Bonchev–Trinajstić information content (AvgIpc) is 3.27. The van der Waals surface area contributed by atoms with Crippen molar-refractivity contribution in [2.24, 2.45) is 11.1 Å². The van der Waals surface area contributed by atoms with E-state index in [9.17, 15) is 4.79 Å². The van der Waals surface area contributed by atoms with Crippen LogP contribution in [-0.4, -0.2) is 28.9 Å². The quantitative estimate of drug-likeness (QED) is 0.191. The van der Waals surface area contributed by atoms with Gasteiger partial charge in [0.25, 0.3) is 0 Å². The molecular formula is C23H27ClN4O2S2. The molecule has 9 heteroatoms. The monoisotopic (exact) mass is 490 g/mol. The number of nitrogens with zero attached hydrogens (tertiary/aromatic N) is 2. The molecule has 3 aromatic rings. The Kier molecular flexibility index (Phi) is 9.50. The zero-order valence-electron chi connectivity index (χ0n) is 18.1. The van der Waals surface area contributed by atoms with Gasteiger partial charge in [0.15, 0.2) is 0 Å². The Balaban J connectivity index is 1.66. The molecule has 2 aromatic heterocycles. The Hall–Kier alpha value is -1.97. The summed E-state index contributed by atoms with van der Waals surface area (Å²) in [7, 11) is 0. The molecule has 0 aliphatic heterocycles. The summed E-state index contributed by atoms with van der Waals surface area (Å²) in [5.41, 5.74) is 3.72. The fraction of sp³-hybridized carbons (Fsp3) is 0.348. The van der Waals surface area contributed by atoms with Crippen molar-refractivity contribution in [1.82, 2.24) is 9.97 Å². The van der Waals surface area contributed by atoms with Crippen molar-refractivity contribution in [3.05, 3.63) is 74.3 Å². The van der Waals surface area contributed by atoms with Gasteiger partial charge < -0.3 is 9.50 Å². The summed E-state index contributed by atoms with van der Waals surface area (Å²) >= 11 is 8.57. The number of nitrogens with one attached hydrogen (secondary N) is 1. The van der Waals surface area contributed by atoms with Crippen LogP contribution in [0.1, 0.15) is 51.7 Å². The largest absolute Gasteiger partial charge is 0.369 e. The van der Waals surface area contributed by atoms with Gasteiger partial charge in [0.05, 0.1) is 29.3 Å². The Morgan fingerprint density at radius 2 is 2.19 bits per heavy atom. The second-order valence-electron chi connectivity index (χ2n) is 7.56. The topological polar surface area (TPSA) is 90.1 Å². The van der Waals surface area contributed by atoms with E-state index in [0.29, 0.717) is 35.3 Å². The molecule has 0 radical (unpaired) electrons. The first-order valence-corrected chi connectivity index (χ1v) is 12.5. The van der Waals surface area contributed by atoms with Crippen molar-refractivity contribution < 1.29 is 8.98 Å². The maximum Gasteiger partial charge on any atom is 0.208 e. The van der Waals surface area contributed by atoms with Gasteiger partial charge in [-0.15, -0.1) is 11.3 Å². The van der Waals surface area contributed by atoms with E-state index in [4.69, 9.17) is 20.9 Å². The van der Waals surface area contributed by atoms with Gasteiger partial charge >= 0.3 is 0 Å². The van der Waals surface area contributed by atoms with Crippen molar-refractivity contribution in [3.8, 4) is 0 Å². The normalized spacial score (nSPS) is 12.0. The predicted molar refractivity (Wildman–Crippen MR) is 133 cm³/mol. The van der Waals surface area contributed by atoms with Crippen molar-refractivity contribution in [2.45, 2.75) is 33.1 Å². The van der Waals surface area contributed by atoms with Crippen molar-refractivity contribution >= 4 is 46.8 Å². The van der Waals surface area contributed by atoms with Crippen LogP contribution in [-0.2, 0) is 10.6 Å². The van der Waals surface area contributed by atoms with Crippen LogP contribution in [0.2, 0.25) is 5.02 Å². The van der Waals surface area contributed by atoms with Gasteiger partial charge in [-0.3, -0.25) is 9.93 Å². The van der Waals surface area contributed by atoms with Crippen LogP contribution in [0.5, 0.6) is 0 Å². The molecule has 6 nitrogen and oxygen atoms in total. The number of ketones is 1. The van der Waals surface area contributed by atoms with E-state index in [2.05, 4.69) is 28.3 Å². The van der Waals surface area contributed by atoms with E-state index in [1.165, 1.54) is 17.7 Å². The minimum Gasteiger partial charge on any atom is -0.369 e. The zero-order valence-corrected chi connectivity index (χ0v) is 20.5. The molecule has 2 heterocycles. The third-order valence-corrected chi connectivity index (χ3v) is 6.93. The number of benzene rings is 1. The number of thiophene rings is 1. The third-order valence-electron chi connectivity index (χ3n) is 5.27. The Bertz CT molecular complexity index is 1040. The summed E-state index contributed by atoms with van der Waals surface area (Å²) < 4.78 is 5.25. The summed E-state index contributed by atoms with van der Waals surface area (Å²) in [5, 5.41) is 11.4. The molecule has 1 aromatic carbocycles. The molecule has 0 aliphatic carbocycles. The van der Waals surface area contributed by atoms with Gasteiger partial charge in [-0.2, -0.15) is 0 Å². The zero-order chi connectivity index (χ0) is 22.9. The predicted octanol–water partition coefficient (Wildman–Crippen LogP) is 5.69. The van der Waals surface area contributed by atoms with Crippen molar-refractivity contribution in [1.29, 1.82) is 0 Å². The first kappa shape index (κ1) is 24.7. The number of aromatic nitrogens is 2. The van der Waals surface area contributed by atoms with Gasteiger partial charge in [0.2, 0.25) is 5.78 Å². The smallest absolute Gasteiger partial charge is 0.208 e. The number of anilines is 1. The maximum absolute atomic E-state index is 13.2. The van der Waals surface area contributed by atoms with Gasteiger partial charge in [-0.25, -0.2) is 9.97 Å². The highest BCUT2D eigenvalue weighted by Crippen LogP contribution is 2.25. The average molecular weight is 491 g/mol. The summed E-state index contributed by atoms with van der Waals surface area (Å²) in [5.74, 6) is 0.852. The second-order valence-corrected chi connectivity index (χ2v) is 9.31. The molecule has 3 N–H and O–H groups in total. The molecule has 0 amide bonds. The Labute approximate surface area is 202 Å². The van der Waals surface area contributed by atoms with Gasteiger partial charge in [0.1, 0.15) is 12.1 Å². The van der Waals surface area contributed by atoms with Crippen LogP contribution >= 0.6 is 35.2 Å². The molecule has 170 valence electrons. The molecule has 0 spiro atoms. The standard InChI is InChI=1S/C23H27ClN4O2S2/c1-3-16(12-30-32-25)6-7-27-23-19(11-26-14-28-23)22(29)21-10-18(13-31-21)8-17-5-4-15(2)20(24)9-17/h4-5,9-11,13-14,16H,3,6-8,12,25H2,1-2H3,(H,26,27,28). The SMILES string of the molecule is CCC(CCNc1ncncc1C(=O)c1cc(Cc2ccc(C)c(Cl)c2)cs1)COSN. The van der Waals surface area contributed by atoms with Gasteiger partial charge in [-0.05, 0) is 59.9 Å². The molecule has 3 rings (SSSR count). The fourth-order valence-electron chi connectivity index (χ4n) is 3.27. The van der Waals surface area contributed by atoms with Crippen LogP contribution in [0, 0.1) is 12.8 Å². The number of hydrogen-bond acceptors (Lipinski definition) is 8. The molecular weight excluding hydrogens is 464 g/mol. The molecule has 0 saturated carbocycles. The number of aryl methyl sites for hydroxylation is 1. The number of rotatable bonds is 12. The van der Waals surface area contributed by atoms with Crippen LogP contribution in [0.25, 0.3) is 0 Å². The van der Waals surface area contributed by atoms with E-state index in [1.807, 2.05) is 30.5 Å². The Morgan fingerprint density at radius 3 is 2.94 bits per heavy atom. The van der Waals surface area contributed by atoms with Crippen LogP contribution < -0.4 is 10.5 Å². The number of nitrogens with two attached hydrogens (primary N) is 1. The van der Waals surface area contributed by atoms with Crippen LogP contribution in [0.15, 0.2) is 42.2 Å². The van der Waals surface area contributed by atoms with Gasteiger partial charge in [0, 0.05) is 17.8 Å². The van der Waals surface area contributed by atoms with Gasteiger partial charge in [-0.1, -0.05) is 37.1 Å². The highest BCUT2D eigenvalue weighted by atomic mass is 35.5. The van der Waals surface area contributed by atoms with E-state index >= 15 is 0 Å². The third kappa shape index (κ3) is 6.76. The van der Waals surface area contributed by atoms with Crippen LogP contribution in [0.4, 0.5) is 5.82 Å².